The molecule has 2 fully saturated rings. The summed E-state index contributed by atoms with van der Waals surface area (Å²) in [7, 11) is 1.65. The number of rotatable bonds is 5. The van der Waals surface area contributed by atoms with Gasteiger partial charge in [0.15, 0.2) is 0 Å². The number of benzene rings is 1. The van der Waals surface area contributed by atoms with Crippen LogP contribution in [0.3, 0.4) is 0 Å². The lowest BCUT2D eigenvalue weighted by molar-refractivity contribution is -0.130. The molecule has 132 valence electrons. The average molecular weight is 332 g/mol. The molecular weight excluding hydrogens is 304 g/mol. The van der Waals surface area contributed by atoms with E-state index in [4.69, 9.17) is 9.47 Å². The van der Waals surface area contributed by atoms with Crippen LogP contribution < -0.4 is 4.74 Å². The zero-order valence-electron chi connectivity index (χ0n) is 14.6. The van der Waals surface area contributed by atoms with Gasteiger partial charge in [0.1, 0.15) is 5.75 Å². The van der Waals surface area contributed by atoms with E-state index in [-0.39, 0.29) is 5.91 Å². The summed E-state index contributed by atoms with van der Waals surface area (Å²) in [4.78, 5) is 17.2. The standard InChI is InChI=1S/C19H28N2O3/c1-23-18-6-3-2-5-17(18)13-19(22)21-9-4-8-20(10-11-21)14-16-7-12-24-15-16/h2-3,5-6,16H,4,7-15H2,1H3. The summed E-state index contributed by atoms with van der Waals surface area (Å²) in [5, 5.41) is 0. The molecule has 0 bridgehead atoms. The molecule has 0 radical (unpaired) electrons. The third-order valence-corrected chi connectivity index (χ3v) is 5.02. The number of nitrogens with zero attached hydrogens (tertiary/aromatic N) is 2. The minimum atomic E-state index is 0.200. The van der Waals surface area contributed by atoms with Gasteiger partial charge in [0.2, 0.25) is 5.91 Å². The molecule has 2 saturated heterocycles. The van der Waals surface area contributed by atoms with Gasteiger partial charge in [-0.1, -0.05) is 18.2 Å². The number of para-hydroxylation sites is 1. The van der Waals surface area contributed by atoms with E-state index in [1.165, 1.54) is 6.42 Å². The monoisotopic (exact) mass is 332 g/mol. The van der Waals surface area contributed by atoms with Crippen molar-refractivity contribution in [3.63, 3.8) is 0 Å². The predicted molar refractivity (Wildman–Crippen MR) is 93.3 cm³/mol. The summed E-state index contributed by atoms with van der Waals surface area (Å²) in [6, 6.07) is 7.78. The van der Waals surface area contributed by atoms with Crippen molar-refractivity contribution in [3.8, 4) is 5.75 Å². The van der Waals surface area contributed by atoms with Gasteiger partial charge >= 0.3 is 0 Å². The molecule has 1 unspecified atom stereocenters. The maximum atomic E-state index is 12.7. The first kappa shape index (κ1) is 17.2. The van der Waals surface area contributed by atoms with Crippen LogP contribution in [0.2, 0.25) is 0 Å². The molecule has 0 spiro atoms. The lowest BCUT2D eigenvalue weighted by Crippen LogP contribution is -2.37. The Morgan fingerprint density at radius 2 is 2.12 bits per heavy atom. The Kier molecular flexibility index (Phi) is 6.10. The second-order valence-electron chi connectivity index (χ2n) is 6.75. The SMILES string of the molecule is COc1ccccc1CC(=O)N1CCCN(CC2CCOC2)CC1. The Morgan fingerprint density at radius 1 is 1.25 bits per heavy atom. The first-order chi connectivity index (χ1) is 11.8. The first-order valence-electron chi connectivity index (χ1n) is 8.96. The summed E-state index contributed by atoms with van der Waals surface area (Å²) in [5.41, 5.74) is 0.967. The number of hydrogen-bond donors (Lipinski definition) is 0. The largest absolute Gasteiger partial charge is 0.496 e. The first-order valence-corrected chi connectivity index (χ1v) is 8.96. The fraction of sp³-hybridized carbons (Fsp3) is 0.632. The van der Waals surface area contributed by atoms with Crippen LogP contribution in [0, 0.1) is 5.92 Å². The number of methoxy groups -OCH3 is 1. The van der Waals surface area contributed by atoms with Crippen LogP contribution in [0.25, 0.3) is 0 Å². The van der Waals surface area contributed by atoms with E-state index >= 15 is 0 Å². The molecular formula is C19H28N2O3. The van der Waals surface area contributed by atoms with Crippen LogP contribution in [-0.2, 0) is 16.0 Å². The van der Waals surface area contributed by atoms with Gasteiger partial charge in [0.25, 0.3) is 0 Å². The Hall–Kier alpha value is -1.59. The Labute approximate surface area is 144 Å². The van der Waals surface area contributed by atoms with Gasteiger partial charge in [-0.15, -0.1) is 0 Å². The fourth-order valence-electron chi connectivity index (χ4n) is 3.62. The quantitative estimate of drug-likeness (QED) is 0.825. The van der Waals surface area contributed by atoms with E-state index < -0.39 is 0 Å². The molecule has 3 rings (SSSR count). The predicted octanol–water partition coefficient (Wildman–Crippen LogP) is 1.81. The molecule has 24 heavy (non-hydrogen) atoms. The highest BCUT2D eigenvalue weighted by atomic mass is 16.5. The average Bonchev–Trinajstić information content (AvgIpc) is 2.99. The second kappa shape index (κ2) is 8.49. The fourth-order valence-corrected chi connectivity index (χ4v) is 3.62. The van der Waals surface area contributed by atoms with Gasteiger partial charge in [-0.25, -0.2) is 0 Å². The van der Waals surface area contributed by atoms with Gasteiger partial charge in [0.05, 0.1) is 20.1 Å². The van der Waals surface area contributed by atoms with Crippen molar-refractivity contribution in [1.82, 2.24) is 9.80 Å². The number of hydrogen-bond acceptors (Lipinski definition) is 4. The molecule has 2 heterocycles. The number of carbonyl (C=O) groups is 1. The van der Waals surface area contributed by atoms with Crippen LogP contribution in [0.5, 0.6) is 5.75 Å². The highest BCUT2D eigenvalue weighted by molar-refractivity contribution is 5.79. The molecule has 0 N–H and O–H groups in total. The molecule has 1 aromatic carbocycles. The van der Waals surface area contributed by atoms with Gasteiger partial charge in [-0.2, -0.15) is 0 Å². The normalized spacial score (nSPS) is 22.4. The van der Waals surface area contributed by atoms with Gasteiger partial charge in [-0.3, -0.25) is 4.79 Å². The van der Waals surface area contributed by atoms with E-state index in [1.54, 1.807) is 7.11 Å². The number of ether oxygens (including phenoxy) is 2. The zero-order valence-corrected chi connectivity index (χ0v) is 14.6. The Balaban J connectivity index is 1.52. The van der Waals surface area contributed by atoms with E-state index in [9.17, 15) is 4.79 Å². The summed E-state index contributed by atoms with van der Waals surface area (Å²) in [6.07, 6.45) is 2.64. The third-order valence-electron chi connectivity index (χ3n) is 5.02. The van der Waals surface area contributed by atoms with Gasteiger partial charge in [-0.05, 0) is 31.4 Å². The van der Waals surface area contributed by atoms with Crippen LogP contribution in [-0.4, -0.2) is 68.8 Å². The van der Waals surface area contributed by atoms with Crippen molar-refractivity contribution in [1.29, 1.82) is 0 Å². The van der Waals surface area contributed by atoms with Crippen LogP contribution in [0.1, 0.15) is 18.4 Å². The highest BCUT2D eigenvalue weighted by Crippen LogP contribution is 2.19. The number of amides is 1. The van der Waals surface area contributed by atoms with Crippen molar-refractivity contribution >= 4 is 5.91 Å². The van der Waals surface area contributed by atoms with Crippen molar-refractivity contribution in [3.05, 3.63) is 29.8 Å². The molecule has 1 atom stereocenters. The Morgan fingerprint density at radius 3 is 2.92 bits per heavy atom. The van der Waals surface area contributed by atoms with Crippen LogP contribution in [0.4, 0.5) is 0 Å². The maximum Gasteiger partial charge on any atom is 0.227 e. The zero-order chi connectivity index (χ0) is 16.8. The van der Waals surface area contributed by atoms with Crippen LogP contribution >= 0.6 is 0 Å². The summed E-state index contributed by atoms with van der Waals surface area (Å²) in [5.74, 6) is 1.66. The number of carbonyl (C=O) groups excluding carboxylic acids is 1. The Bertz CT molecular complexity index is 543. The smallest absolute Gasteiger partial charge is 0.227 e. The minimum Gasteiger partial charge on any atom is -0.496 e. The molecule has 5 heteroatoms. The van der Waals surface area contributed by atoms with E-state index in [0.717, 1.165) is 63.7 Å². The van der Waals surface area contributed by atoms with E-state index in [0.29, 0.717) is 12.3 Å². The van der Waals surface area contributed by atoms with E-state index in [2.05, 4.69) is 4.90 Å². The summed E-state index contributed by atoms with van der Waals surface area (Å²) >= 11 is 0. The van der Waals surface area contributed by atoms with Crippen molar-refractivity contribution < 1.29 is 14.3 Å². The lowest BCUT2D eigenvalue weighted by atomic mass is 10.1. The molecule has 0 saturated carbocycles. The van der Waals surface area contributed by atoms with Crippen molar-refractivity contribution in [2.75, 3.05) is 53.0 Å². The van der Waals surface area contributed by atoms with Gasteiger partial charge in [0, 0.05) is 38.3 Å². The molecule has 0 aromatic heterocycles. The molecule has 2 aliphatic heterocycles. The molecule has 1 amide bonds. The molecule has 0 aliphatic carbocycles. The van der Waals surface area contributed by atoms with E-state index in [1.807, 2.05) is 29.2 Å². The van der Waals surface area contributed by atoms with Gasteiger partial charge < -0.3 is 19.3 Å². The topological polar surface area (TPSA) is 42.0 Å². The second-order valence-corrected chi connectivity index (χ2v) is 6.75. The highest BCUT2D eigenvalue weighted by Gasteiger charge is 2.23. The summed E-state index contributed by atoms with van der Waals surface area (Å²) < 4.78 is 10.8. The lowest BCUT2D eigenvalue weighted by Gasteiger charge is -2.24. The maximum absolute atomic E-state index is 12.7. The molecule has 5 nitrogen and oxygen atoms in total. The van der Waals surface area contributed by atoms with Crippen molar-refractivity contribution in [2.24, 2.45) is 5.92 Å². The minimum absolute atomic E-state index is 0.200. The van der Waals surface area contributed by atoms with Crippen LogP contribution in [0.15, 0.2) is 24.3 Å². The summed E-state index contributed by atoms with van der Waals surface area (Å²) in [6.45, 7) is 6.62. The van der Waals surface area contributed by atoms with Crippen molar-refractivity contribution in [2.45, 2.75) is 19.3 Å². The molecule has 1 aromatic rings. The third kappa shape index (κ3) is 4.48. The molecule has 2 aliphatic rings.